The molecule has 4 aromatic rings. The van der Waals surface area contributed by atoms with Gasteiger partial charge in [-0.1, -0.05) is 0 Å². The number of nitrogens with one attached hydrogen (secondary N) is 1. The molecule has 2 unspecified atom stereocenters. The van der Waals surface area contributed by atoms with Crippen LogP contribution in [0, 0.1) is 12.8 Å². The van der Waals surface area contributed by atoms with E-state index in [-0.39, 0.29) is 30.2 Å². The van der Waals surface area contributed by atoms with Crippen LogP contribution in [-0.2, 0) is 16.1 Å². The fraction of sp³-hybridized carbons (Fsp3) is 0.393. The summed E-state index contributed by atoms with van der Waals surface area (Å²) in [5.74, 6) is 1.85. The Labute approximate surface area is 240 Å². The number of nitrogens with zero attached hydrogens (tertiary/aromatic N) is 10. The highest BCUT2D eigenvalue weighted by Crippen LogP contribution is 2.46. The van der Waals surface area contributed by atoms with Crippen LogP contribution < -0.4 is 15.1 Å². The molecule has 2 atom stereocenters. The van der Waals surface area contributed by atoms with E-state index in [1.54, 1.807) is 12.3 Å². The second-order valence-corrected chi connectivity index (χ2v) is 11.2. The van der Waals surface area contributed by atoms with Crippen molar-refractivity contribution in [1.82, 2.24) is 39.2 Å². The maximum absolute atomic E-state index is 12.9. The summed E-state index contributed by atoms with van der Waals surface area (Å²) in [4.78, 5) is 69.2. The van der Waals surface area contributed by atoms with Gasteiger partial charge >= 0.3 is 6.03 Å². The van der Waals surface area contributed by atoms with Crippen LogP contribution in [0.3, 0.4) is 0 Å². The Morgan fingerprint density at radius 2 is 1.95 bits per heavy atom. The van der Waals surface area contributed by atoms with Crippen LogP contribution in [0.5, 0.6) is 0 Å². The van der Waals surface area contributed by atoms with Crippen molar-refractivity contribution in [1.29, 1.82) is 0 Å². The monoisotopic (exact) mass is 567 g/mol. The highest BCUT2D eigenvalue weighted by molar-refractivity contribution is 6.12. The topological polar surface area (TPSA) is 155 Å². The highest BCUT2D eigenvalue weighted by Gasteiger charge is 2.46. The van der Waals surface area contributed by atoms with Gasteiger partial charge in [0.25, 0.3) is 5.91 Å². The zero-order valence-corrected chi connectivity index (χ0v) is 23.4. The van der Waals surface area contributed by atoms with Crippen LogP contribution in [0.15, 0.2) is 37.1 Å². The molecule has 14 nitrogen and oxygen atoms in total. The Morgan fingerprint density at radius 1 is 1.12 bits per heavy atom. The van der Waals surface area contributed by atoms with Crippen LogP contribution in [0.2, 0.25) is 0 Å². The maximum Gasteiger partial charge on any atom is 0.332 e. The van der Waals surface area contributed by atoms with Crippen LogP contribution in [0.1, 0.15) is 54.0 Å². The Morgan fingerprint density at radius 3 is 2.69 bits per heavy atom. The van der Waals surface area contributed by atoms with Crippen LogP contribution in [0.25, 0.3) is 5.65 Å². The molecule has 3 fully saturated rings. The Balaban J connectivity index is 1.08. The number of rotatable bonds is 8. The van der Waals surface area contributed by atoms with Crippen LogP contribution >= 0.6 is 0 Å². The first-order valence-electron chi connectivity index (χ1n) is 13.9. The van der Waals surface area contributed by atoms with E-state index in [4.69, 9.17) is 9.97 Å². The number of urea groups is 1. The number of carbonyl (C=O) groups is 3. The number of hydrogen-bond donors (Lipinski definition) is 1. The van der Waals surface area contributed by atoms with Crippen molar-refractivity contribution < 1.29 is 14.4 Å². The number of fused-ring (bicyclic) bond motifs is 1. The SMILES string of the molecule is Cc1ccnc(C2CC2C(=O)Nc2cc(N(C)Cc3cn4cc(C5CC5)nc(N5CC(=O)N(C)C5=O)c4n3)ncn2)n1. The number of aromatic nitrogens is 7. The van der Waals surface area contributed by atoms with Crippen LogP contribution in [0.4, 0.5) is 22.2 Å². The third-order valence-electron chi connectivity index (χ3n) is 7.89. The molecule has 2 aliphatic carbocycles. The minimum atomic E-state index is -0.413. The first kappa shape index (κ1) is 25.9. The molecular weight excluding hydrogens is 538 g/mol. The van der Waals surface area contributed by atoms with Crippen molar-refractivity contribution in [3.8, 4) is 0 Å². The second-order valence-electron chi connectivity index (χ2n) is 11.2. The minimum absolute atomic E-state index is 0.0121. The molecule has 3 aliphatic rings. The molecule has 0 aromatic carbocycles. The third-order valence-corrected chi connectivity index (χ3v) is 7.89. The smallest absolute Gasteiger partial charge is 0.332 e. The number of likely N-dealkylation sites (N-methyl/N-ethyl adjacent to an activating group) is 1. The molecule has 2 saturated carbocycles. The number of imidazole rings is 1. The third kappa shape index (κ3) is 4.78. The van der Waals surface area contributed by atoms with Crippen molar-refractivity contribution in [2.24, 2.45) is 5.92 Å². The number of amides is 4. The summed E-state index contributed by atoms with van der Waals surface area (Å²) in [6.45, 7) is 2.24. The van der Waals surface area contributed by atoms with Gasteiger partial charge in [0.1, 0.15) is 30.3 Å². The summed E-state index contributed by atoms with van der Waals surface area (Å²) in [5, 5.41) is 2.90. The van der Waals surface area contributed by atoms with Crippen molar-refractivity contribution in [3.05, 3.63) is 60.0 Å². The normalized spacial score (nSPS) is 20.0. The molecule has 4 aromatic heterocycles. The van der Waals surface area contributed by atoms with E-state index in [9.17, 15) is 14.4 Å². The minimum Gasteiger partial charge on any atom is -0.354 e. The first-order chi connectivity index (χ1) is 20.2. The van der Waals surface area contributed by atoms with Gasteiger partial charge < -0.3 is 14.6 Å². The number of hydrogen-bond acceptors (Lipinski definition) is 10. The van der Waals surface area contributed by atoms with Gasteiger partial charge in [0.05, 0.1) is 17.9 Å². The Bertz CT molecular complexity index is 1750. The lowest BCUT2D eigenvalue weighted by Gasteiger charge is -2.17. The van der Waals surface area contributed by atoms with E-state index >= 15 is 0 Å². The fourth-order valence-electron chi connectivity index (χ4n) is 5.23. The lowest BCUT2D eigenvalue weighted by atomic mass is 10.2. The van der Waals surface area contributed by atoms with Crippen molar-refractivity contribution in [3.63, 3.8) is 0 Å². The standard InChI is InChI=1S/C28H29N11O3/c1-15-6-7-29-24(32-15)18-8-19(18)27(41)35-21-9-22(31-14-30-21)36(2)10-17-11-38-12-20(16-4-5-16)34-26(25(38)33-17)39-13-23(40)37(3)28(39)42/h6-7,9,11-12,14,16,18-19H,4-5,8,10,13H2,1-3H3,(H,30,31,35,41). The lowest BCUT2D eigenvalue weighted by molar-refractivity contribution is -0.124. The second kappa shape index (κ2) is 9.82. The lowest BCUT2D eigenvalue weighted by Crippen LogP contribution is -2.31. The Hall–Kier alpha value is -5.01. The molecule has 1 aliphatic heterocycles. The summed E-state index contributed by atoms with van der Waals surface area (Å²) < 4.78 is 1.88. The van der Waals surface area contributed by atoms with Gasteiger partial charge in [0.2, 0.25) is 5.91 Å². The molecule has 1 saturated heterocycles. The van der Waals surface area contributed by atoms with E-state index in [1.807, 2.05) is 41.7 Å². The van der Waals surface area contributed by atoms with E-state index in [0.29, 0.717) is 47.8 Å². The van der Waals surface area contributed by atoms with Crippen molar-refractivity contribution in [2.75, 3.05) is 35.8 Å². The van der Waals surface area contributed by atoms with E-state index in [1.165, 1.54) is 18.3 Å². The molecular formula is C28H29N11O3. The van der Waals surface area contributed by atoms with Gasteiger partial charge in [-0.2, -0.15) is 0 Å². The van der Waals surface area contributed by atoms with E-state index < -0.39 is 6.03 Å². The van der Waals surface area contributed by atoms with Gasteiger partial charge in [0, 0.05) is 62.2 Å². The predicted molar refractivity (Wildman–Crippen MR) is 151 cm³/mol. The largest absolute Gasteiger partial charge is 0.354 e. The number of aryl methyl sites for hydroxylation is 1. The van der Waals surface area contributed by atoms with E-state index in [2.05, 4.69) is 25.3 Å². The number of imide groups is 1. The first-order valence-corrected chi connectivity index (χ1v) is 13.9. The average Bonchev–Trinajstić information content (AvgIpc) is 3.90. The maximum atomic E-state index is 12.9. The molecule has 42 heavy (non-hydrogen) atoms. The summed E-state index contributed by atoms with van der Waals surface area (Å²) in [6, 6.07) is 3.14. The molecule has 0 radical (unpaired) electrons. The summed E-state index contributed by atoms with van der Waals surface area (Å²) in [6.07, 6.45) is 9.77. The molecule has 7 rings (SSSR count). The Kier molecular flexibility index (Phi) is 6.06. The number of carbonyl (C=O) groups excluding carboxylic acids is 3. The molecule has 214 valence electrons. The molecule has 1 N–H and O–H groups in total. The van der Waals surface area contributed by atoms with Crippen molar-refractivity contribution >= 4 is 40.9 Å². The zero-order valence-electron chi connectivity index (χ0n) is 23.4. The van der Waals surface area contributed by atoms with E-state index in [0.717, 1.165) is 34.8 Å². The molecule has 0 spiro atoms. The van der Waals surface area contributed by atoms with Gasteiger partial charge in [0.15, 0.2) is 11.5 Å². The summed E-state index contributed by atoms with van der Waals surface area (Å²) >= 11 is 0. The van der Waals surface area contributed by atoms with Gasteiger partial charge in [-0.25, -0.2) is 34.7 Å². The van der Waals surface area contributed by atoms with Gasteiger partial charge in [-0.3, -0.25) is 19.4 Å². The summed E-state index contributed by atoms with van der Waals surface area (Å²) in [7, 11) is 3.34. The van der Waals surface area contributed by atoms with Crippen molar-refractivity contribution in [2.45, 2.75) is 44.6 Å². The molecule has 14 heteroatoms. The molecule has 5 heterocycles. The molecule has 4 amide bonds. The average molecular weight is 568 g/mol. The highest BCUT2D eigenvalue weighted by atomic mass is 16.2. The molecule has 0 bridgehead atoms. The summed E-state index contributed by atoms with van der Waals surface area (Å²) in [5.41, 5.74) is 2.99. The quantitative estimate of drug-likeness (QED) is 0.314. The van der Waals surface area contributed by atoms with Gasteiger partial charge in [-0.05, 0) is 32.3 Å². The zero-order chi connectivity index (χ0) is 29.1. The fourth-order valence-corrected chi connectivity index (χ4v) is 5.23. The van der Waals surface area contributed by atoms with Crippen LogP contribution in [-0.4, -0.2) is 77.7 Å². The number of anilines is 3. The predicted octanol–water partition coefficient (Wildman–Crippen LogP) is 2.27. The van der Waals surface area contributed by atoms with Gasteiger partial charge in [-0.15, -0.1) is 0 Å².